The Labute approximate surface area is 155 Å². The third-order valence-electron chi connectivity index (χ3n) is 3.91. The van der Waals surface area contributed by atoms with Gasteiger partial charge in [0.1, 0.15) is 0 Å². The Balaban J connectivity index is 1.64. The Hall–Kier alpha value is -2.67. The third kappa shape index (κ3) is 4.11. The van der Waals surface area contributed by atoms with Crippen molar-refractivity contribution in [2.24, 2.45) is 0 Å². The maximum absolute atomic E-state index is 13.7. The van der Waals surface area contributed by atoms with Crippen molar-refractivity contribution in [1.29, 1.82) is 0 Å². The van der Waals surface area contributed by atoms with Crippen molar-refractivity contribution in [1.82, 2.24) is 15.2 Å². The summed E-state index contributed by atoms with van der Waals surface area (Å²) in [6.45, 7) is 2.10. The minimum absolute atomic E-state index is 0.113. The second kappa shape index (κ2) is 8.14. The number of aromatic amines is 1. The number of aryl methyl sites for hydroxylation is 1. The van der Waals surface area contributed by atoms with Crippen LogP contribution < -0.4 is 4.74 Å². The van der Waals surface area contributed by atoms with Crippen LogP contribution in [0.4, 0.5) is 4.39 Å². The molecule has 7 heteroatoms. The lowest BCUT2D eigenvalue weighted by molar-refractivity contribution is 0.102. The Morgan fingerprint density at radius 2 is 2.00 bits per heavy atom. The molecule has 0 spiro atoms. The number of carbonyl (C=O) groups excluding carboxylic acids is 1. The number of hydrogen-bond donors (Lipinski definition) is 1. The molecule has 0 aliphatic heterocycles. The summed E-state index contributed by atoms with van der Waals surface area (Å²) >= 11 is 1.21. The van der Waals surface area contributed by atoms with Crippen LogP contribution in [-0.2, 0) is 6.42 Å². The molecule has 0 atom stereocenters. The van der Waals surface area contributed by atoms with Gasteiger partial charge in [0.05, 0.1) is 12.9 Å². The molecule has 0 bridgehead atoms. The van der Waals surface area contributed by atoms with Crippen LogP contribution in [0.25, 0.3) is 11.4 Å². The zero-order valence-electron chi connectivity index (χ0n) is 14.5. The lowest BCUT2D eigenvalue weighted by atomic mass is 10.1. The van der Waals surface area contributed by atoms with E-state index in [0.717, 1.165) is 12.0 Å². The predicted molar refractivity (Wildman–Crippen MR) is 99.2 cm³/mol. The summed E-state index contributed by atoms with van der Waals surface area (Å²) < 4.78 is 18.6. The molecule has 1 N–H and O–H groups in total. The first-order valence-electron chi connectivity index (χ1n) is 8.12. The highest BCUT2D eigenvalue weighted by Crippen LogP contribution is 2.22. The topological polar surface area (TPSA) is 67.9 Å². The lowest BCUT2D eigenvalue weighted by Crippen LogP contribution is -2.03. The number of nitrogens with one attached hydrogen (secondary N) is 1. The summed E-state index contributed by atoms with van der Waals surface area (Å²) in [5, 5.41) is 7.48. The number of Topliss-reactive ketones (excluding diaryl/α,β-unsaturated/α-hetero) is 1. The fraction of sp³-hybridized carbons (Fsp3) is 0.211. The first kappa shape index (κ1) is 18.1. The molecule has 0 fully saturated rings. The van der Waals surface area contributed by atoms with Gasteiger partial charge in [-0.15, -0.1) is 5.10 Å². The van der Waals surface area contributed by atoms with Crippen LogP contribution in [0, 0.1) is 5.82 Å². The van der Waals surface area contributed by atoms with Crippen LogP contribution >= 0.6 is 11.8 Å². The summed E-state index contributed by atoms with van der Waals surface area (Å²) in [5.74, 6) is 0.131. The molecule has 0 aliphatic carbocycles. The summed E-state index contributed by atoms with van der Waals surface area (Å²) in [4.78, 5) is 16.6. The van der Waals surface area contributed by atoms with Crippen LogP contribution in [0.5, 0.6) is 5.75 Å². The smallest absolute Gasteiger partial charge is 0.209 e. The van der Waals surface area contributed by atoms with Gasteiger partial charge in [-0.2, -0.15) is 0 Å². The first-order valence-corrected chi connectivity index (χ1v) is 9.10. The largest absolute Gasteiger partial charge is 0.494 e. The zero-order chi connectivity index (χ0) is 18.5. The van der Waals surface area contributed by atoms with E-state index in [1.807, 2.05) is 24.3 Å². The number of hydrogen-bond acceptors (Lipinski definition) is 5. The normalized spacial score (nSPS) is 10.7. The van der Waals surface area contributed by atoms with E-state index in [9.17, 15) is 9.18 Å². The average Bonchev–Trinajstić information content (AvgIpc) is 3.15. The van der Waals surface area contributed by atoms with Gasteiger partial charge in [-0.3, -0.25) is 9.89 Å². The molecule has 3 rings (SSSR count). The third-order valence-corrected chi connectivity index (χ3v) is 4.75. The van der Waals surface area contributed by atoms with Crippen LogP contribution in [0.3, 0.4) is 0 Å². The van der Waals surface area contributed by atoms with E-state index in [2.05, 4.69) is 22.1 Å². The van der Waals surface area contributed by atoms with Gasteiger partial charge in [0.2, 0.25) is 5.16 Å². The maximum atomic E-state index is 13.7. The minimum Gasteiger partial charge on any atom is -0.494 e. The number of H-pyrrole nitrogens is 1. The Kier molecular flexibility index (Phi) is 5.68. The number of nitrogens with zero attached hydrogens (tertiary/aromatic N) is 2. The van der Waals surface area contributed by atoms with Crippen molar-refractivity contribution in [3.63, 3.8) is 0 Å². The number of rotatable bonds is 7. The average molecular weight is 371 g/mol. The van der Waals surface area contributed by atoms with Gasteiger partial charge in [-0.1, -0.05) is 43.0 Å². The molecule has 5 nitrogen and oxygen atoms in total. The van der Waals surface area contributed by atoms with E-state index in [4.69, 9.17) is 4.74 Å². The van der Waals surface area contributed by atoms with Crippen LogP contribution in [-0.4, -0.2) is 33.8 Å². The summed E-state index contributed by atoms with van der Waals surface area (Å²) in [7, 11) is 1.38. The van der Waals surface area contributed by atoms with Crippen molar-refractivity contribution >= 4 is 17.5 Å². The standard InChI is InChI=1S/C19H18FN3O2S/c1-3-12-4-6-13(7-5-12)18-21-19(23-22-18)26-11-16(24)14-8-9-17(25-2)15(20)10-14/h4-10H,3,11H2,1-2H3,(H,21,22,23). The van der Waals surface area contributed by atoms with Crippen molar-refractivity contribution < 1.29 is 13.9 Å². The van der Waals surface area contributed by atoms with Crippen LogP contribution in [0.2, 0.25) is 0 Å². The Morgan fingerprint density at radius 3 is 2.65 bits per heavy atom. The van der Waals surface area contributed by atoms with E-state index >= 15 is 0 Å². The highest BCUT2D eigenvalue weighted by Gasteiger charge is 2.13. The quantitative estimate of drug-likeness (QED) is 0.499. The molecule has 2 aromatic carbocycles. The highest BCUT2D eigenvalue weighted by molar-refractivity contribution is 7.99. The Bertz CT molecular complexity index is 909. The van der Waals surface area contributed by atoms with Gasteiger partial charge < -0.3 is 4.74 Å². The second-order valence-corrected chi connectivity index (χ2v) is 6.52. The van der Waals surface area contributed by atoms with E-state index in [1.165, 1.54) is 36.6 Å². The maximum Gasteiger partial charge on any atom is 0.209 e. The number of halogens is 1. The molecular formula is C19H18FN3O2S. The van der Waals surface area contributed by atoms with Gasteiger partial charge in [-0.25, -0.2) is 9.37 Å². The molecule has 0 radical (unpaired) electrons. The van der Waals surface area contributed by atoms with Crippen molar-refractivity contribution in [3.8, 4) is 17.1 Å². The molecular weight excluding hydrogens is 353 g/mol. The summed E-state index contributed by atoms with van der Waals surface area (Å²) in [6.07, 6.45) is 0.978. The van der Waals surface area contributed by atoms with Gasteiger partial charge in [0, 0.05) is 11.1 Å². The van der Waals surface area contributed by atoms with Gasteiger partial charge in [0.15, 0.2) is 23.2 Å². The van der Waals surface area contributed by atoms with Crippen molar-refractivity contribution in [2.75, 3.05) is 12.9 Å². The molecule has 1 aromatic heterocycles. The molecule has 0 amide bonds. The van der Waals surface area contributed by atoms with Crippen LogP contribution in [0.1, 0.15) is 22.8 Å². The number of carbonyl (C=O) groups is 1. The number of ether oxygens (including phenoxy) is 1. The fourth-order valence-corrected chi connectivity index (χ4v) is 3.08. The van der Waals surface area contributed by atoms with E-state index in [1.54, 1.807) is 6.07 Å². The molecule has 0 saturated carbocycles. The number of thioether (sulfide) groups is 1. The van der Waals surface area contributed by atoms with Crippen molar-refractivity contribution in [2.45, 2.75) is 18.5 Å². The molecule has 26 heavy (non-hydrogen) atoms. The molecule has 0 unspecified atom stereocenters. The molecule has 3 aromatic rings. The molecule has 0 saturated heterocycles. The van der Waals surface area contributed by atoms with E-state index in [-0.39, 0.29) is 17.3 Å². The summed E-state index contributed by atoms with van der Waals surface area (Å²) in [5.41, 5.74) is 2.48. The van der Waals surface area contributed by atoms with Crippen LogP contribution in [0.15, 0.2) is 47.6 Å². The molecule has 0 aliphatic rings. The Morgan fingerprint density at radius 1 is 1.23 bits per heavy atom. The van der Waals surface area contributed by atoms with Gasteiger partial charge >= 0.3 is 0 Å². The van der Waals surface area contributed by atoms with Gasteiger partial charge in [-0.05, 0) is 30.2 Å². The first-order chi connectivity index (χ1) is 12.6. The monoisotopic (exact) mass is 371 g/mol. The van der Waals surface area contributed by atoms with E-state index < -0.39 is 5.82 Å². The fourth-order valence-electron chi connectivity index (χ4n) is 2.39. The number of ketones is 1. The zero-order valence-corrected chi connectivity index (χ0v) is 15.3. The number of benzene rings is 2. The SMILES string of the molecule is CCc1ccc(-c2nc(SCC(=O)c3ccc(OC)c(F)c3)n[nH]2)cc1. The predicted octanol–water partition coefficient (Wildman–Crippen LogP) is 4.16. The second-order valence-electron chi connectivity index (χ2n) is 5.58. The molecule has 1 heterocycles. The lowest BCUT2D eigenvalue weighted by Gasteiger charge is -2.04. The number of methoxy groups -OCH3 is 1. The van der Waals surface area contributed by atoms with Crippen molar-refractivity contribution in [3.05, 3.63) is 59.4 Å². The van der Waals surface area contributed by atoms with Gasteiger partial charge in [0.25, 0.3) is 0 Å². The minimum atomic E-state index is -0.556. The summed E-state index contributed by atoms with van der Waals surface area (Å²) in [6, 6.07) is 12.2. The highest BCUT2D eigenvalue weighted by atomic mass is 32.2. The molecule has 134 valence electrons. The van der Waals surface area contributed by atoms with E-state index in [0.29, 0.717) is 16.5 Å². The number of aromatic nitrogens is 3.